The van der Waals surface area contributed by atoms with Crippen LogP contribution in [0.1, 0.15) is 17.3 Å². The first kappa shape index (κ1) is 16.0. The fraction of sp³-hybridized carbons (Fsp3) is 0.125. The number of thioether (sulfide) groups is 1. The first-order chi connectivity index (χ1) is 10.5. The van der Waals surface area contributed by atoms with Gasteiger partial charge in [-0.1, -0.05) is 12.1 Å². The Balaban J connectivity index is 2.05. The minimum atomic E-state index is -1.03. The average molecular weight is 319 g/mol. The lowest BCUT2D eigenvalue weighted by molar-refractivity contribution is -0.115. The summed E-state index contributed by atoms with van der Waals surface area (Å²) in [5.41, 5.74) is 0.652. The predicted molar refractivity (Wildman–Crippen MR) is 83.8 cm³/mol. The third-order valence-corrected chi connectivity index (χ3v) is 4.08. The van der Waals surface area contributed by atoms with Crippen LogP contribution in [0.25, 0.3) is 0 Å². The number of carbonyl (C=O) groups is 2. The van der Waals surface area contributed by atoms with Crippen LogP contribution in [0.2, 0.25) is 0 Å². The fourth-order valence-electron chi connectivity index (χ4n) is 1.77. The van der Waals surface area contributed by atoms with Crippen molar-refractivity contribution in [3.8, 4) is 0 Å². The first-order valence-corrected chi connectivity index (χ1v) is 7.41. The molecule has 0 aliphatic rings. The van der Waals surface area contributed by atoms with E-state index in [1.165, 1.54) is 30.3 Å². The van der Waals surface area contributed by atoms with Crippen LogP contribution in [0.15, 0.2) is 53.4 Å². The highest BCUT2D eigenvalue weighted by Gasteiger charge is 2.18. The Morgan fingerprint density at radius 2 is 1.77 bits per heavy atom. The van der Waals surface area contributed by atoms with Gasteiger partial charge in [0.05, 0.1) is 10.8 Å². The molecule has 0 aliphatic carbocycles. The van der Waals surface area contributed by atoms with Crippen molar-refractivity contribution in [1.82, 2.24) is 0 Å². The van der Waals surface area contributed by atoms with E-state index in [9.17, 15) is 14.0 Å². The lowest BCUT2D eigenvalue weighted by atomic mass is 10.2. The second-order valence-electron chi connectivity index (χ2n) is 4.56. The number of halogens is 1. The second kappa shape index (κ2) is 7.09. The summed E-state index contributed by atoms with van der Waals surface area (Å²) in [6, 6.07) is 12.0. The summed E-state index contributed by atoms with van der Waals surface area (Å²) in [5, 5.41) is 11.3. The summed E-state index contributed by atoms with van der Waals surface area (Å²) in [6.45, 7) is 1.68. The Morgan fingerprint density at radius 3 is 2.41 bits per heavy atom. The van der Waals surface area contributed by atoms with Gasteiger partial charge in [0, 0.05) is 10.6 Å². The molecule has 0 spiro atoms. The lowest BCUT2D eigenvalue weighted by Gasteiger charge is -2.13. The monoisotopic (exact) mass is 319 g/mol. The first-order valence-electron chi connectivity index (χ1n) is 6.53. The zero-order valence-electron chi connectivity index (χ0n) is 11.7. The molecule has 2 rings (SSSR count). The molecule has 0 heterocycles. The molecule has 0 radical (unpaired) electrons. The zero-order valence-corrected chi connectivity index (χ0v) is 12.6. The number of aromatic carboxylic acids is 1. The van der Waals surface area contributed by atoms with Crippen LogP contribution in [0.5, 0.6) is 0 Å². The van der Waals surface area contributed by atoms with Crippen LogP contribution in [-0.2, 0) is 4.79 Å². The number of nitrogens with one attached hydrogen (secondary N) is 1. The van der Waals surface area contributed by atoms with Crippen LogP contribution in [0, 0.1) is 5.82 Å². The SMILES string of the molecule is CC(Sc1ccccc1C(=O)O)C(=O)Nc1ccc(F)cc1. The molecule has 1 unspecified atom stereocenters. The van der Waals surface area contributed by atoms with Crippen molar-refractivity contribution in [3.63, 3.8) is 0 Å². The quantitative estimate of drug-likeness (QED) is 0.826. The van der Waals surface area contributed by atoms with Crippen LogP contribution in [0.3, 0.4) is 0 Å². The molecule has 2 aromatic rings. The number of hydrogen-bond donors (Lipinski definition) is 2. The number of benzene rings is 2. The van der Waals surface area contributed by atoms with Crippen molar-refractivity contribution >= 4 is 29.3 Å². The Bertz CT molecular complexity index is 688. The summed E-state index contributed by atoms with van der Waals surface area (Å²) < 4.78 is 12.8. The summed E-state index contributed by atoms with van der Waals surface area (Å²) in [5.74, 6) is -1.69. The van der Waals surface area contributed by atoms with Gasteiger partial charge in [0.1, 0.15) is 5.82 Å². The second-order valence-corrected chi connectivity index (χ2v) is 5.94. The van der Waals surface area contributed by atoms with Crippen molar-refractivity contribution in [2.75, 3.05) is 5.32 Å². The maximum atomic E-state index is 12.8. The van der Waals surface area contributed by atoms with Gasteiger partial charge in [-0.05, 0) is 43.3 Å². The van der Waals surface area contributed by atoms with Gasteiger partial charge >= 0.3 is 5.97 Å². The standard InChI is InChI=1S/C16H14FNO3S/c1-10(15(19)18-12-8-6-11(17)7-9-12)22-14-5-3-2-4-13(14)16(20)21/h2-10H,1H3,(H,18,19)(H,20,21). The fourth-order valence-corrected chi connectivity index (χ4v) is 2.75. The van der Waals surface area contributed by atoms with Crippen molar-refractivity contribution < 1.29 is 19.1 Å². The molecular weight excluding hydrogens is 305 g/mol. The molecule has 0 saturated carbocycles. The topological polar surface area (TPSA) is 66.4 Å². The van der Waals surface area contributed by atoms with E-state index in [2.05, 4.69) is 5.32 Å². The van der Waals surface area contributed by atoms with Gasteiger partial charge in [-0.25, -0.2) is 9.18 Å². The van der Waals surface area contributed by atoms with E-state index in [0.29, 0.717) is 10.6 Å². The molecule has 0 fully saturated rings. The van der Waals surface area contributed by atoms with Gasteiger partial charge in [-0.2, -0.15) is 0 Å². The van der Waals surface area contributed by atoms with Gasteiger partial charge < -0.3 is 10.4 Å². The molecule has 0 bridgehead atoms. The Morgan fingerprint density at radius 1 is 1.14 bits per heavy atom. The average Bonchev–Trinajstić information content (AvgIpc) is 2.49. The van der Waals surface area contributed by atoms with Crippen molar-refractivity contribution in [2.24, 2.45) is 0 Å². The molecule has 2 N–H and O–H groups in total. The number of amides is 1. The summed E-state index contributed by atoms with van der Waals surface area (Å²) in [6.07, 6.45) is 0. The molecule has 0 saturated heterocycles. The minimum absolute atomic E-state index is 0.161. The number of anilines is 1. The van der Waals surface area contributed by atoms with Crippen LogP contribution < -0.4 is 5.32 Å². The number of carboxylic acid groups (broad SMARTS) is 1. The van der Waals surface area contributed by atoms with E-state index in [0.717, 1.165) is 11.8 Å². The molecule has 1 amide bonds. The largest absolute Gasteiger partial charge is 0.478 e. The molecule has 6 heteroatoms. The maximum absolute atomic E-state index is 12.8. The highest BCUT2D eigenvalue weighted by atomic mass is 32.2. The molecule has 0 aliphatic heterocycles. The molecule has 4 nitrogen and oxygen atoms in total. The van der Waals surface area contributed by atoms with E-state index >= 15 is 0 Å². The van der Waals surface area contributed by atoms with Crippen molar-refractivity contribution in [2.45, 2.75) is 17.1 Å². The van der Waals surface area contributed by atoms with Crippen molar-refractivity contribution in [1.29, 1.82) is 0 Å². The summed E-state index contributed by atoms with van der Waals surface area (Å²) in [7, 11) is 0. The minimum Gasteiger partial charge on any atom is -0.478 e. The summed E-state index contributed by atoms with van der Waals surface area (Å²) >= 11 is 1.16. The van der Waals surface area contributed by atoms with Gasteiger partial charge in [0.25, 0.3) is 0 Å². The molecule has 0 aromatic heterocycles. The molecular formula is C16H14FNO3S. The van der Waals surface area contributed by atoms with E-state index < -0.39 is 11.2 Å². The van der Waals surface area contributed by atoms with E-state index in [4.69, 9.17) is 5.11 Å². The molecule has 22 heavy (non-hydrogen) atoms. The third kappa shape index (κ3) is 4.08. The van der Waals surface area contributed by atoms with Gasteiger partial charge in [-0.15, -0.1) is 11.8 Å². The highest BCUT2D eigenvalue weighted by Crippen LogP contribution is 2.27. The zero-order chi connectivity index (χ0) is 16.1. The number of rotatable bonds is 5. The van der Waals surface area contributed by atoms with Crippen LogP contribution in [-0.4, -0.2) is 22.2 Å². The lowest BCUT2D eigenvalue weighted by Crippen LogP contribution is -2.22. The molecule has 1 atom stereocenters. The number of hydrogen-bond acceptors (Lipinski definition) is 3. The van der Waals surface area contributed by atoms with Crippen LogP contribution in [0.4, 0.5) is 10.1 Å². The number of carboxylic acids is 1. The van der Waals surface area contributed by atoms with Crippen molar-refractivity contribution in [3.05, 3.63) is 59.9 Å². The van der Waals surface area contributed by atoms with Crippen LogP contribution >= 0.6 is 11.8 Å². The highest BCUT2D eigenvalue weighted by molar-refractivity contribution is 8.00. The van der Waals surface area contributed by atoms with Gasteiger partial charge in [0.2, 0.25) is 5.91 Å². The van der Waals surface area contributed by atoms with Gasteiger partial charge in [0.15, 0.2) is 0 Å². The Labute approximate surface area is 131 Å². The predicted octanol–water partition coefficient (Wildman–Crippen LogP) is 3.64. The Kier molecular flexibility index (Phi) is 5.16. The van der Waals surface area contributed by atoms with E-state index in [1.54, 1.807) is 25.1 Å². The summed E-state index contributed by atoms with van der Waals surface area (Å²) in [4.78, 5) is 23.8. The third-order valence-electron chi connectivity index (χ3n) is 2.90. The number of carbonyl (C=O) groups excluding carboxylic acids is 1. The van der Waals surface area contributed by atoms with E-state index in [1.807, 2.05) is 0 Å². The maximum Gasteiger partial charge on any atom is 0.336 e. The Hall–Kier alpha value is -2.34. The molecule has 2 aromatic carbocycles. The molecule has 114 valence electrons. The normalized spacial score (nSPS) is 11.7. The van der Waals surface area contributed by atoms with E-state index in [-0.39, 0.29) is 17.3 Å². The smallest absolute Gasteiger partial charge is 0.336 e. The van der Waals surface area contributed by atoms with Gasteiger partial charge in [-0.3, -0.25) is 4.79 Å².